The van der Waals surface area contributed by atoms with Crippen LogP contribution in [0.5, 0.6) is 0 Å². The summed E-state index contributed by atoms with van der Waals surface area (Å²) in [5.74, 6) is 0. The lowest BCUT2D eigenvalue weighted by atomic mass is 10.1. The fourth-order valence-corrected chi connectivity index (χ4v) is 3.29. The second-order valence-corrected chi connectivity index (χ2v) is 6.51. The number of benzene rings is 2. The molecule has 0 saturated heterocycles. The molecule has 0 aliphatic rings. The van der Waals surface area contributed by atoms with Gasteiger partial charge in [-0.2, -0.15) is 5.10 Å². The molecule has 0 radical (unpaired) electrons. The molecule has 3 N–H and O–H groups in total. The first kappa shape index (κ1) is 16.1. The molecule has 0 saturated carbocycles. The van der Waals surface area contributed by atoms with Crippen LogP contribution >= 0.6 is 0 Å². The normalized spacial score (nSPS) is 11.1. The van der Waals surface area contributed by atoms with Gasteiger partial charge < -0.3 is 10.3 Å². The number of aromatic nitrogens is 4. The molecule has 0 aliphatic carbocycles. The van der Waals surface area contributed by atoms with Crippen LogP contribution in [-0.4, -0.2) is 19.7 Å². The summed E-state index contributed by atoms with van der Waals surface area (Å²) in [5, 5.41) is 8.30. The minimum atomic E-state index is 0.615. The molecule has 0 fully saturated rings. The number of nitrogens with zero attached hydrogens (tertiary/aromatic N) is 3. The maximum absolute atomic E-state index is 5.93. The topological polar surface area (TPSA) is 72.5 Å². The number of rotatable bonds is 6. The highest BCUT2D eigenvalue weighted by Crippen LogP contribution is 2.21. The van der Waals surface area contributed by atoms with Crippen molar-refractivity contribution >= 4 is 10.9 Å². The van der Waals surface area contributed by atoms with Crippen molar-refractivity contribution < 1.29 is 0 Å². The summed E-state index contributed by atoms with van der Waals surface area (Å²) in [7, 11) is 0. The van der Waals surface area contributed by atoms with Crippen LogP contribution < -0.4 is 5.73 Å². The van der Waals surface area contributed by atoms with Crippen molar-refractivity contribution in [3.05, 3.63) is 95.8 Å². The molecule has 0 bridgehead atoms. The number of allylic oxidation sites excluding steroid dienone is 1. The molecule has 2 aromatic heterocycles. The number of fused-ring (bicyclic) bond motifs is 1. The number of hydrogen-bond acceptors (Lipinski definition) is 3. The van der Waals surface area contributed by atoms with Crippen LogP contribution in [0.1, 0.15) is 22.5 Å². The van der Waals surface area contributed by atoms with Gasteiger partial charge in [-0.1, -0.05) is 49.0 Å². The van der Waals surface area contributed by atoms with E-state index in [1.54, 1.807) is 0 Å². The van der Waals surface area contributed by atoms with E-state index in [0.717, 1.165) is 35.3 Å². The Labute approximate surface area is 152 Å². The molecule has 0 atom stereocenters. The van der Waals surface area contributed by atoms with Gasteiger partial charge in [0, 0.05) is 36.2 Å². The smallest absolute Gasteiger partial charge is 0.0955 e. The highest BCUT2D eigenvalue weighted by Gasteiger charge is 2.13. The Morgan fingerprint density at radius 1 is 1.12 bits per heavy atom. The molecule has 4 aromatic rings. The van der Waals surface area contributed by atoms with Crippen molar-refractivity contribution in [1.29, 1.82) is 0 Å². The van der Waals surface area contributed by atoms with Crippen LogP contribution in [0, 0.1) is 0 Å². The van der Waals surface area contributed by atoms with Crippen molar-refractivity contribution in [2.45, 2.75) is 19.4 Å². The lowest BCUT2D eigenvalue weighted by Crippen LogP contribution is -2.10. The predicted octanol–water partition coefficient (Wildman–Crippen LogP) is 3.41. The lowest BCUT2D eigenvalue weighted by Gasteiger charge is -2.11. The Hall–Kier alpha value is -3.34. The zero-order valence-electron chi connectivity index (χ0n) is 14.5. The van der Waals surface area contributed by atoms with E-state index in [-0.39, 0.29) is 0 Å². The van der Waals surface area contributed by atoms with Crippen LogP contribution in [0.3, 0.4) is 0 Å². The van der Waals surface area contributed by atoms with Gasteiger partial charge in [0.2, 0.25) is 0 Å². The highest BCUT2D eigenvalue weighted by molar-refractivity contribution is 5.81. The monoisotopic (exact) mass is 343 g/mol. The van der Waals surface area contributed by atoms with Gasteiger partial charge in [0.15, 0.2) is 0 Å². The number of aromatic amines is 1. The molecule has 0 aliphatic heterocycles. The fourth-order valence-electron chi connectivity index (χ4n) is 3.29. The van der Waals surface area contributed by atoms with E-state index in [2.05, 4.69) is 44.5 Å². The molecule has 130 valence electrons. The highest BCUT2D eigenvalue weighted by atomic mass is 15.1. The molecule has 2 aromatic carbocycles. The number of nitrogens with one attached hydrogen (secondary N) is 1. The molecule has 26 heavy (non-hydrogen) atoms. The van der Waals surface area contributed by atoms with E-state index in [1.807, 2.05) is 42.9 Å². The largest absolute Gasteiger partial charge is 0.402 e. The van der Waals surface area contributed by atoms with Gasteiger partial charge in [0.05, 0.1) is 23.7 Å². The van der Waals surface area contributed by atoms with Gasteiger partial charge in [0.25, 0.3) is 0 Å². The third kappa shape index (κ3) is 3.24. The Bertz CT molecular complexity index is 1040. The van der Waals surface area contributed by atoms with Crippen LogP contribution in [0.25, 0.3) is 10.9 Å². The fraction of sp³-hybridized carbons (Fsp3) is 0.143. The molecule has 0 unspecified atom stereocenters. The van der Waals surface area contributed by atoms with Crippen molar-refractivity contribution in [1.82, 2.24) is 19.7 Å². The zero-order chi connectivity index (χ0) is 17.9. The van der Waals surface area contributed by atoms with E-state index in [1.165, 1.54) is 11.1 Å². The van der Waals surface area contributed by atoms with Crippen LogP contribution in [-0.2, 0) is 19.4 Å². The SMILES string of the molecule is C=C(N)Cc1c(Cc2ccccc2)ncn1Cc1cccc2[nH]ncc12. The van der Waals surface area contributed by atoms with Crippen molar-refractivity contribution in [3.63, 3.8) is 0 Å². The summed E-state index contributed by atoms with van der Waals surface area (Å²) in [6.45, 7) is 4.61. The molecule has 5 nitrogen and oxygen atoms in total. The molecule has 2 heterocycles. The van der Waals surface area contributed by atoms with Crippen molar-refractivity contribution in [2.75, 3.05) is 0 Å². The Morgan fingerprint density at radius 3 is 2.77 bits per heavy atom. The van der Waals surface area contributed by atoms with Crippen LogP contribution in [0.4, 0.5) is 0 Å². The third-order valence-electron chi connectivity index (χ3n) is 4.56. The molecule has 0 amide bonds. The number of nitrogens with two attached hydrogens (primary N) is 1. The van der Waals surface area contributed by atoms with Gasteiger partial charge in [0.1, 0.15) is 0 Å². The lowest BCUT2D eigenvalue weighted by molar-refractivity contribution is 0.750. The van der Waals surface area contributed by atoms with E-state index < -0.39 is 0 Å². The first-order valence-electron chi connectivity index (χ1n) is 8.62. The Morgan fingerprint density at radius 2 is 1.96 bits per heavy atom. The number of H-pyrrole nitrogens is 1. The van der Waals surface area contributed by atoms with E-state index in [9.17, 15) is 0 Å². The molecule has 5 heteroatoms. The third-order valence-corrected chi connectivity index (χ3v) is 4.56. The zero-order valence-corrected chi connectivity index (χ0v) is 14.5. The average molecular weight is 343 g/mol. The van der Waals surface area contributed by atoms with E-state index in [4.69, 9.17) is 5.73 Å². The predicted molar refractivity (Wildman–Crippen MR) is 104 cm³/mol. The first-order valence-corrected chi connectivity index (χ1v) is 8.62. The van der Waals surface area contributed by atoms with Gasteiger partial charge in [-0.05, 0) is 17.2 Å². The van der Waals surface area contributed by atoms with E-state index in [0.29, 0.717) is 12.1 Å². The Kier molecular flexibility index (Phi) is 4.27. The summed E-state index contributed by atoms with van der Waals surface area (Å²) in [4.78, 5) is 4.67. The minimum Gasteiger partial charge on any atom is -0.402 e. The van der Waals surface area contributed by atoms with Gasteiger partial charge in [-0.3, -0.25) is 5.10 Å². The van der Waals surface area contributed by atoms with Crippen LogP contribution in [0.15, 0.2) is 73.3 Å². The van der Waals surface area contributed by atoms with Crippen molar-refractivity contribution in [3.8, 4) is 0 Å². The Balaban J connectivity index is 1.69. The van der Waals surface area contributed by atoms with Crippen LogP contribution in [0.2, 0.25) is 0 Å². The summed E-state index contributed by atoms with van der Waals surface area (Å²) in [6, 6.07) is 16.5. The molecular formula is C21H21N5. The van der Waals surface area contributed by atoms with Gasteiger partial charge in [-0.15, -0.1) is 0 Å². The first-order chi connectivity index (χ1) is 12.7. The summed E-state index contributed by atoms with van der Waals surface area (Å²) < 4.78 is 2.16. The van der Waals surface area contributed by atoms with Crippen molar-refractivity contribution in [2.24, 2.45) is 5.73 Å². The molecule has 4 rings (SSSR count). The summed E-state index contributed by atoms with van der Waals surface area (Å²) >= 11 is 0. The molecular weight excluding hydrogens is 322 g/mol. The minimum absolute atomic E-state index is 0.615. The number of imidazole rings is 1. The molecule has 0 spiro atoms. The quantitative estimate of drug-likeness (QED) is 0.563. The average Bonchev–Trinajstić information content (AvgIpc) is 3.25. The second-order valence-electron chi connectivity index (χ2n) is 6.51. The standard InChI is InChI=1S/C21H21N5/c1-15(22)10-21-20(11-16-6-3-2-4-7-16)23-14-26(21)13-17-8-5-9-19-18(17)12-24-25-19/h2-9,12,14H,1,10-11,13,22H2,(H,24,25). The maximum atomic E-state index is 5.93. The van der Waals surface area contributed by atoms with E-state index >= 15 is 0 Å². The second kappa shape index (κ2) is 6.88. The van der Waals surface area contributed by atoms with Gasteiger partial charge in [-0.25, -0.2) is 4.98 Å². The number of hydrogen-bond donors (Lipinski definition) is 2. The maximum Gasteiger partial charge on any atom is 0.0955 e. The summed E-state index contributed by atoms with van der Waals surface area (Å²) in [5.41, 5.74) is 12.2. The summed E-state index contributed by atoms with van der Waals surface area (Å²) in [6.07, 6.45) is 5.17. The van der Waals surface area contributed by atoms with Gasteiger partial charge >= 0.3 is 0 Å².